The monoisotopic (exact) mass is 180 g/mol. The van der Waals surface area contributed by atoms with Crippen LogP contribution >= 0.6 is 0 Å². The van der Waals surface area contributed by atoms with Crippen LogP contribution in [-0.2, 0) is 4.79 Å². The average molecular weight is 180 g/mol. The van der Waals surface area contributed by atoms with E-state index in [0.29, 0.717) is 0 Å². The number of carbonyl (C=O) groups is 1. The van der Waals surface area contributed by atoms with Gasteiger partial charge in [-0.05, 0) is 0 Å². The smallest absolute Gasteiger partial charge is 0.332 e. The molecule has 0 fully saturated rings. The summed E-state index contributed by atoms with van der Waals surface area (Å²) >= 11 is 0. The Labute approximate surface area is 68.7 Å². The topological polar surface area (TPSA) is 118 Å². The lowest BCUT2D eigenvalue weighted by atomic mass is 10.1. The summed E-state index contributed by atoms with van der Waals surface area (Å²) in [7, 11) is 0. The Morgan fingerprint density at radius 2 is 1.67 bits per heavy atom. The van der Waals surface area contributed by atoms with Gasteiger partial charge in [0.25, 0.3) is 0 Å². The molecule has 6 nitrogen and oxygen atoms in total. The molecule has 6 heteroatoms. The molecule has 0 saturated heterocycles. The van der Waals surface area contributed by atoms with Crippen molar-refractivity contribution in [2.75, 3.05) is 6.61 Å². The van der Waals surface area contributed by atoms with Gasteiger partial charge in [0.2, 0.25) is 0 Å². The second-order valence-corrected chi connectivity index (χ2v) is 2.41. The molecule has 72 valence electrons. The zero-order chi connectivity index (χ0) is 9.72. The number of aliphatic hydroxyl groups is 4. The van der Waals surface area contributed by atoms with E-state index in [1.54, 1.807) is 0 Å². The van der Waals surface area contributed by atoms with Gasteiger partial charge in [-0.1, -0.05) is 0 Å². The maximum atomic E-state index is 10.0. The molecule has 0 bridgehead atoms. The highest BCUT2D eigenvalue weighted by Gasteiger charge is 2.23. The molecule has 0 aliphatic rings. The number of aliphatic hydroxyl groups excluding tert-OH is 4. The first-order valence-corrected chi connectivity index (χ1v) is 3.37. The van der Waals surface area contributed by atoms with Gasteiger partial charge in [-0.2, -0.15) is 0 Å². The molecule has 0 aliphatic carbocycles. The van der Waals surface area contributed by atoms with Crippen LogP contribution in [0.1, 0.15) is 6.42 Å². The summed E-state index contributed by atoms with van der Waals surface area (Å²) in [5, 5.41) is 42.8. The molecule has 0 aliphatic heterocycles. The minimum absolute atomic E-state index is 0.503. The predicted molar refractivity (Wildman–Crippen MR) is 37.4 cm³/mol. The first-order valence-electron chi connectivity index (χ1n) is 3.37. The first-order chi connectivity index (χ1) is 5.49. The minimum Gasteiger partial charge on any atom is -0.479 e. The summed E-state index contributed by atoms with van der Waals surface area (Å²) in [4.78, 5) is 10.0. The highest BCUT2D eigenvalue weighted by molar-refractivity contribution is 5.71. The Morgan fingerprint density at radius 3 is 2.00 bits per heavy atom. The normalized spacial score (nSPS) is 18.3. The number of hydrogen-bond donors (Lipinski definition) is 5. The Morgan fingerprint density at radius 1 is 1.17 bits per heavy atom. The maximum Gasteiger partial charge on any atom is 0.332 e. The summed E-state index contributed by atoms with van der Waals surface area (Å²) in [5.41, 5.74) is 0. The van der Waals surface area contributed by atoms with Crippen LogP contribution in [-0.4, -0.2) is 56.4 Å². The largest absolute Gasteiger partial charge is 0.479 e. The van der Waals surface area contributed by atoms with Crippen LogP contribution in [0, 0.1) is 0 Å². The fraction of sp³-hybridized carbons (Fsp3) is 0.833. The Balaban J connectivity index is 3.83. The minimum atomic E-state index is -1.72. The third kappa shape index (κ3) is 3.63. The molecule has 3 atom stereocenters. The van der Waals surface area contributed by atoms with Gasteiger partial charge in [0.05, 0.1) is 12.7 Å². The summed E-state index contributed by atoms with van der Waals surface area (Å²) < 4.78 is 0. The van der Waals surface area contributed by atoms with Crippen LogP contribution in [0.15, 0.2) is 0 Å². The Hall–Kier alpha value is -0.690. The zero-order valence-electron chi connectivity index (χ0n) is 6.29. The molecule has 12 heavy (non-hydrogen) atoms. The molecule has 0 heterocycles. The van der Waals surface area contributed by atoms with Crippen molar-refractivity contribution in [1.82, 2.24) is 0 Å². The highest BCUT2D eigenvalue weighted by Crippen LogP contribution is 2.02. The number of rotatable bonds is 5. The van der Waals surface area contributed by atoms with Gasteiger partial charge in [0.1, 0.15) is 6.10 Å². The third-order valence-corrected chi connectivity index (χ3v) is 1.38. The lowest BCUT2D eigenvalue weighted by molar-refractivity contribution is -0.149. The van der Waals surface area contributed by atoms with Crippen molar-refractivity contribution in [2.24, 2.45) is 0 Å². The van der Waals surface area contributed by atoms with Crippen molar-refractivity contribution in [3.8, 4) is 0 Å². The quantitative estimate of drug-likeness (QED) is 0.320. The summed E-state index contributed by atoms with van der Waals surface area (Å²) in [5.74, 6) is -1.47. The van der Waals surface area contributed by atoms with Crippen LogP contribution < -0.4 is 0 Å². The molecule has 0 amide bonds. The molecular weight excluding hydrogens is 168 g/mol. The average Bonchev–Trinajstić information content (AvgIpc) is 2.02. The molecule has 0 saturated carbocycles. The summed E-state index contributed by atoms with van der Waals surface area (Å²) in [6.45, 7) is -0.673. The van der Waals surface area contributed by atoms with Gasteiger partial charge in [0, 0.05) is 6.42 Å². The van der Waals surface area contributed by atoms with E-state index in [2.05, 4.69) is 0 Å². The van der Waals surface area contributed by atoms with Crippen LogP contribution in [0.2, 0.25) is 0 Å². The Kier molecular flexibility index (Phi) is 4.75. The van der Waals surface area contributed by atoms with Crippen molar-refractivity contribution in [2.45, 2.75) is 24.7 Å². The third-order valence-electron chi connectivity index (χ3n) is 1.38. The highest BCUT2D eigenvalue weighted by atomic mass is 16.4. The molecule has 0 radical (unpaired) electrons. The van der Waals surface area contributed by atoms with Gasteiger partial charge in [-0.3, -0.25) is 0 Å². The van der Waals surface area contributed by atoms with Crippen molar-refractivity contribution < 1.29 is 30.3 Å². The van der Waals surface area contributed by atoms with Crippen LogP contribution in [0.25, 0.3) is 0 Å². The molecule has 0 aromatic carbocycles. The van der Waals surface area contributed by atoms with Gasteiger partial charge >= 0.3 is 5.97 Å². The van der Waals surface area contributed by atoms with Crippen LogP contribution in [0.4, 0.5) is 0 Å². The number of aliphatic carboxylic acids is 1. The van der Waals surface area contributed by atoms with E-state index in [4.69, 9.17) is 25.5 Å². The van der Waals surface area contributed by atoms with E-state index in [1.807, 2.05) is 0 Å². The van der Waals surface area contributed by atoms with E-state index in [9.17, 15) is 4.79 Å². The standard InChI is InChI=1S/C6H12O6/c7-2-5(10)3(8)1-4(9)6(11)12/h3-5,7-10H,1-2H2,(H,11,12)/t3-,4?,5+/m0/s1. The van der Waals surface area contributed by atoms with Gasteiger partial charge in [-0.25, -0.2) is 4.79 Å². The molecule has 1 unspecified atom stereocenters. The summed E-state index contributed by atoms with van der Waals surface area (Å²) in [6.07, 6.45) is -5.07. The molecule has 0 spiro atoms. The van der Waals surface area contributed by atoms with Crippen LogP contribution in [0.3, 0.4) is 0 Å². The van der Waals surface area contributed by atoms with Crippen molar-refractivity contribution in [3.63, 3.8) is 0 Å². The second kappa shape index (κ2) is 5.04. The van der Waals surface area contributed by atoms with E-state index in [-0.39, 0.29) is 0 Å². The molecule has 0 aromatic heterocycles. The molecule has 0 rings (SSSR count). The fourth-order valence-electron chi connectivity index (χ4n) is 0.608. The molecule has 5 N–H and O–H groups in total. The molecular formula is C6H12O6. The number of carboxylic acids is 1. The lowest BCUT2D eigenvalue weighted by Crippen LogP contribution is -2.35. The predicted octanol–water partition coefficient (Wildman–Crippen LogP) is -2.46. The van der Waals surface area contributed by atoms with Crippen molar-refractivity contribution in [3.05, 3.63) is 0 Å². The van der Waals surface area contributed by atoms with Gasteiger partial charge in [-0.15, -0.1) is 0 Å². The van der Waals surface area contributed by atoms with E-state index in [1.165, 1.54) is 0 Å². The maximum absolute atomic E-state index is 10.0. The SMILES string of the molecule is O=C(O)C(O)C[C@H](O)[C@H](O)CO. The zero-order valence-corrected chi connectivity index (χ0v) is 6.29. The number of carboxylic acid groups (broad SMARTS) is 1. The van der Waals surface area contributed by atoms with Gasteiger partial charge in [0.15, 0.2) is 6.10 Å². The van der Waals surface area contributed by atoms with Crippen LogP contribution in [0.5, 0.6) is 0 Å². The van der Waals surface area contributed by atoms with E-state index >= 15 is 0 Å². The van der Waals surface area contributed by atoms with Crippen molar-refractivity contribution >= 4 is 5.97 Å². The Bertz CT molecular complexity index is 147. The van der Waals surface area contributed by atoms with Gasteiger partial charge < -0.3 is 25.5 Å². The number of hydrogen-bond acceptors (Lipinski definition) is 5. The van der Waals surface area contributed by atoms with E-state index in [0.717, 1.165) is 0 Å². The molecule has 0 aromatic rings. The first kappa shape index (κ1) is 11.3. The second-order valence-electron chi connectivity index (χ2n) is 2.41. The van der Waals surface area contributed by atoms with Crippen molar-refractivity contribution in [1.29, 1.82) is 0 Å². The van der Waals surface area contributed by atoms with E-state index < -0.39 is 37.3 Å². The lowest BCUT2D eigenvalue weighted by Gasteiger charge is -2.16. The summed E-state index contributed by atoms with van der Waals surface area (Å²) in [6, 6.07) is 0. The fourth-order valence-corrected chi connectivity index (χ4v) is 0.608.